The van der Waals surface area contributed by atoms with E-state index < -0.39 is 6.10 Å². The number of hydrogen-bond acceptors (Lipinski definition) is 3. The average molecular weight is 312 g/mol. The van der Waals surface area contributed by atoms with Gasteiger partial charge in [0.15, 0.2) is 6.10 Å². The summed E-state index contributed by atoms with van der Waals surface area (Å²) in [6.07, 6.45) is -0.612. The Morgan fingerprint density at radius 2 is 1.43 bits per heavy atom. The molecule has 122 valence electrons. The van der Waals surface area contributed by atoms with Crippen LogP contribution in [0.3, 0.4) is 0 Å². The van der Waals surface area contributed by atoms with E-state index >= 15 is 0 Å². The highest BCUT2D eigenvalue weighted by molar-refractivity contribution is 5.74. The van der Waals surface area contributed by atoms with Crippen LogP contribution in [0.1, 0.15) is 26.3 Å². The van der Waals surface area contributed by atoms with Gasteiger partial charge in [-0.1, -0.05) is 55.8 Å². The lowest BCUT2D eigenvalue weighted by Crippen LogP contribution is -2.27. The van der Waals surface area contributed by atoms with Crippen LogP contribution >= 0.6 is 0 Å². The molecule has 0 amide bonds. The number of benzene rings is 2. The molecule has 0 radical (unpaired) electrons. The first-order valence-corrected chi connectivity index (χ1v) is 7.96. The van der Waals surface area contributed by atoms with Gasteiger partial charge in [-0.2, -0.15) is 0 Å². The first-order valence-electron chi connectivity index (χ1n) is 7.96. The highest BCUT2D eigenvalue weighted by Crippen LogP contribution is 2.23. The third-order valence-electron chi connectivity index (χ3n) is 3.44. The quantitative estimate of drug-likeness (QED) is 0.730. The van der Waals surface area contributed by atoms with Crippen LogP contribution in [0.4, 0.5) is 0 Å². The van der Waals surface area contributed by atoms with Gasteiger partial charge in [-0.05, 0) is 43.0 Å². The van der Waals surface area contributed by atoms with E-state index in [1.165, 1.54) is 5.56 Å². The van der Waals surface area contributed by atoms with Crippen molar-refractivity contribution in [3.63, 3.8) is 0 Å². The maximum Gasteiger partial charge on any atom is 0.347 e. The van der Waals surface area contributed by atoms with Crippen molar-refractivity contribution in [2.24, 2.45) is 5.92 Å². The molecule has 0 aromatic heterocycles. The van der Waals surface area contributed by atoms with E-state index in [0.717, 1.165) is 11.1 Å². The number of carbonyl (C=O) groups is 1. The van der Waals surface area contributed by atoms with Crippen molar-refractivity contribution in [2.45, 2.75) is 33.8 Å². The van der Waals surface area contributed by atoms with Crippen molar-refractivity contribution in [3.05, 3.63) is 54.1 Å². The lowest BCUT2D eigenvalue weighted by molar-refractivity contribution is -0.152. The Hall–Kier alpha value is -2.29. The number of aryl methyl sites for hydroxylation is 1. The SMILES string of the molecule is Cc1ccc(-c2ccc(O[C@H](C)C(=O)OCC(C)C)cc2)cc1. The molecule has 23 heavy (non-hydrogen) atoms. The smallest absolute Gasteiger partial charge is 0.347 e. The van der Waals surface area contributed by atoms with E-state index in [9.17, 15) is 4.79 Å². The Kier molecular flexibility index (Phi) is 5.80. The van der Waals surface area contributed by atoms with Crippen molar-refractivity contribution in [1.29, 1.82) is 0 Å². The van der Waals surface area contributed by atoms with Gasteiger partial charge >= 0.3 is 5.97 Å². The van der Waals surface area contributed by atoms with E-state index in [1.807, 2.05) is 38.1 Å². The molecule has 0 saturated heterocycles. The molecule has 2 aromatic carbocycles. The van der Waals surface area contributed by atoms with Crippen LogP contribution in [0.15, 0.2) is 48.5 Å². The van der Waals surface area contributed by atoms with E-state index in [4.69, 9.17) is 9.47 Å². The maximum absolute atomic E-state index is 11.8. The summed E-state index contributed by atoms with van der Waals surface area (Å²) < 4.78 is 10.8. The van der Waals surface area contributed by atoms with E-state index in [2.05, 4.69) is 31.2 Å². The molecule has 0 spiro atoms. The van der Waals surface area contributed by atoms with Crippen LogP contribution in [0.25, 0.3) is 11.1 Å². The third-order valence-corrected chi connectivity index (χ3v) is 3.44. The lowest BCUT2D eigenvalue weighted by Gasteiger charge is -2.15. The van der Waals surface area contributed by atoms with Gasteiger partial charge < -0.3 is 9.47 Å². The standard InChI is InChI=1S/C20H24O3/c1-14(2)13-22-20(21)16(4)23-19-11-9-18(10-12-19)17-7-5-15(3)6-8-17/h5-12,14,16H,13H2,1-4H3/t16-/m1/s1. The molecular weight excluding hydrogens is 288 g/mol. The summed E-state index contributed by atoms with van der Waals surface area (Å²) >= 11 is 0. The summed E-state index contributed by atoms with van der Waals surface area (Å²) in [4.78, 5) is 11.8. The van der Waals surface area contributed by atoms with E-state index in [0.29, 0.717) is 18.3 Å². The van der Waals surface area contributed by atoms with Gasteiger partial charge in [-0.3, -0.25) is 0 Å². The van der Waals surface area contributed by atoms with Crippen molar-refractivity contribution in [1.82, 2.24) is 0 Å². The highest BCUT2D eigenvalue weighted by atomic mass is 16.6. The average Bonchev–Trinajstić information content (AvgIpc) is 2.54. The fourth-order valence-electron chi connectivity index (χ4n) is 2.09. The van der Waals surface area contributed by atoms with Gasteiger partial charge in [0.05, 0.1) is 6.61 Å². The Bertz CT molecular complexity index is 627. The van der Waals surface area contributed by atoms with Crippen LogP contribution in [0.2, 0.25) is 0 Å². The van der Waals surface area contributed by atoms with E-state index in [-0.39, 0.29) is 5.97 Å². The molecule has 0 N–H and O–H groups in total. The molecule has 3 heteroatoms. The molecule has 0 saturated carbocycles. The number of esters is 1. The Morgan fingerprint density at radius 1 is 0.913 bits per heavy atom. The van der Waals surface area contributed by atoms with Crippen LogP contribution in [0.5, 0.6) is 5.75 Å². The van der Waals surface area contributed by atoms with Gasteiger partial charge in [0.25, 0.3) is 0 Å². The van der Waals surface area contributed by atoms with Gasteiger partial charge in [0, 0.05) is 0 Å². The molecule has 0 aliphatic rings. The monoisotopic (exact) mass is 312 g/mol. The van der Waals surface area contributed by atoms with Gasteiger partial charge in [-0.25, -0.2) is 4.79 Å². The topological polar surface area (TPSA) is 35.5 Å². The Balaban J connectivity index is 1.97. The number of ether oxygens (including phenoxy) is 2. The molecule has 3 nitrogen and oxygen atoms in total. The Morgan fingerprint density at radius 3 is 1.96 bits per heavy atom. The highest BCUT2D eigenvalue weighted by Gasteiger charge is 2.16. The molecule has 0 unspecified atom stereocenters. The number of carbonyl (C=O) groups excluding carboxylic acids is 1. The van der Waals surface area contributed by atoms with E-state index in [1.54, 1.807) is 6.92 Å². The fourth-order valence-corrected chi connectivity index (χ4v) is 2.09. The molecule has 0 fully saturated rings. The molecule has 0 aliphatic carbocycles. The largest absolute Gasteiger partial charge is 0.479 e. The normalized spacial score (nSPS) is 12.0. The summed E-state index contributed by atoms with van der Waals surface area (Å²) in [5.74, 6) is 0.649. The second-order valence-electron chi connectivity index (χ2n) is 6.17. The van der Waals surface area contributed by atoms with Crippen molar-refractivity contribution in [2.75, 3.05) is 6.61 Å². The molecular formula is C20H24O3. The number of rotatable bonds is 6. The number of hydrogen-bond donors (Lipinski definition) is 0. The molecule has 0 heterocycles. The summed E-state index contributed by atoms with van der Waals surface area (Å²) in [5.41, 5.74) is 3.52. The second kappa shape index (κ2) is 7.82. The minimum atomic E-state index is -0.612. The van der Waals surface area contributed by atoms with Gasteiger partial charge in [-0.15, -0.1) is 0 Å². The van der Waals surface area contributed by atoms with Crippen molar-refractivity contribution in [3.8, 4) is 16.9 Å². The zero-order valence-electron chi connectivity index (χ0n) is 14.2. The van der Waals surface area contributed by atoms with Crippen LogP contribution in [0, 0.1) is 12.8 Å². The zero-order chi connectivity index (χ0) is 16.8. The zero-order valence-corrected chi connectivity index (χ0v) is 14.2. The van der Waals surface area contributed by atoms with Crippen LogP contribution in [-0.4, -0.2) is 18.7 Å². The molecule has 2 rings (SSSR count). The summed E-state index contributed by atoms with van der Waals surface area (Å²) in [5, 5.41) is 0. The minimum absolute atomic E-state index is 0.319. The van der Waals surface area contributed by atoms with Gasteiger partial charge in [0.1, 0.15) is 5.75 Å². The van der Waals surface area contributed by atoms with Crippen LogP contribution < -0.4 is 4.74 Å². The second-order valence-corrected chi connectivity index (χ2v) is 6.17. The molecule has 0 aliphatic heterocycles. The predicted molar refractivity (Wildman–Crippen MR) is 92.5 cm³/mol. The Labute approximate surface area is 138 Å². The molecule has 0 bridgehead atoms. The summed E-state index contributed by atoms with van der Waals surface area (Å²) in [7, 11) is 0. The first kappa shape index (κ1) is 17.1. The van der Waals surface area contributed by atoms with Gasteiger partial charge in [0.2, 0.25) is 0 Å². The maximum atomic E-state index is 11.8. The third kappa shape index (κ3) is 5.13. The minimum Gasteiger partial charge on any atom is -0.479 e. The fraction of sp³-hybridized carbons (Fsp3) is 0.350. The van der Waals surface area contributed by atoms with Crippen molar-refractivity contribution < 1.29 is 14.3 Å². The first-order chi connectivity index (χ1) is 11.0. The van der Waals surface area contributed by atoms with Crippen LogP contribution in [-0.2, 0) is 9.53 Å². The summed E-state index contributed by atoms with van der Waals surface area (Å²) in [6, 6.07) is 16.1. The predicted octanol–water partition coefficient (Wildman–Crippen LogP) is 4.63. The lowest BCUT2D eigenvalue weighted by atomic mass is 10.0. The summed E-state index contributed by atoms with van der Waals surface area (Å²) in [6.45, 7) is 8.20. The molecule has 1 atom stereocenters. The van der Waals surface area contributed by atoms with Crippen molar-refractivity contribution >= 4 is 5.97 Å². The molecule has 2 aromatic rings.